The molecule has 0 radical (unpaired) electrons. The Bertz CT molecular complexity index is 1190. The minimum absolute atomic E-state index is 0.238. The minimum atomic E-state index is 0.238. The van der Waals surface area contributed by atoms with Crippen molar-refractivity contribution >= 4 is 33.8 Å². The normalized spacial score (nSPS) is 14.8. The average Bonchev–Trinajstić information content (AvgIpc) is 3.40. The number of imidazole rings is 1. The summed E-state index contributed by atoms with van der Waals surface area (Å²) in [5.41, 5.74) is 4.43. The largest absolute Gasteiger partial charge is 0.340 e. The first-order chi connectivity index (χ1) is 15.7. The first kappa shape index (κ1) is 21.2. The van der Waals surface area contributed by atoms with Crippen LogP contribution in [0.25, 0.3) is 16.2 Å². The number of thiazole rings is 1. The molecular weight excluding hydrogens is 440 g/mol. The van der Waals surface area contributed by atoms with E-state index >= 15 is 0 Å². The maximum Gasteiger partial charge on any atom is 0.223 e. The number of aromatic nitrogens is 2. The lowest BCUT2D eigenvalue weighted by molar-refractivity contribution is -0.133. The number of carbonyl (C=O) groups excluding carboxylic acids is 1. The Morgan fingerprint density at radius 3 is 2.50 bits per heavy atom. The standard InChI is InChI=1S/C25H25ClN4OS/c26-21-8-6-20(7-9-21)23-17-30-22(18-32-25(30)27-23)10-11-24(31)29-14-12-28(13-15-29)16-19-4-2-1-3-5-19/h1-9,17-18H,10-16H2. The highest BCUT2D eigenvalue weighted by atomic mass is 35.5. The van der Waals surface area contributed by atoms with E-state index < -0.39 is 0 Å². The summed E-state index contributed by atoms with van der Waals surface area (Å²) in [6, 6.07) is 18.2. The molecule has 0 aliphatic carbocycles. The first-order valence-corrected chi connectivity index (χ1v) is 12.2. The lowest BCUT2D eigenvalue weighted by Gasteiger charge is -2.34. The van der Waals surface area contributed by atoms with Gasteiger partial charge in [-0.1, -0.05) is 54.1 Å². The number of benzene rings is 2. The molecule has 0 spiro atoms. The fraction of sp³-hybridized carbons (Fsp3) is 0.280. The second-order valence-corrected chi connectivity index (χ2v) is 9.43. The number of nitrogens with zero attached hydrogens (tertiary/aromatic N) is 4. The van der Waals surface area contributed by atoms with E-state index in [-0.39, 0.29) is 5.91 Å². The van der Waals surface area contributed by atoms with Crippen molar-refractivity contribution in [2.75, 3.05) is 26.2 Å². The summed E-state index contributed by atoms with van der Waals surface area (Å²) < 4.78 is 2.11. The summed E-state index contributed by atoms with van der Waals surface area (Å²) in [4.78, 5) is 22.9. The maximum absolute atomic E-state index is 12.8. The van der Waals surface area contributed by atoms with Gasteiger partial charge in [-0.25, -0.2) is 4.98 Å². The second-order valence-electron chi connectivity index (χ2n) is 8.16. The topological polar surface area (TPSA) is 40.9 Å². The first-order valence-electron chi connectivity index (χ1n) is 10.9. The third-order valence-electron chi connectivity index (χ3n) is 5.99. The molecule has 5 nitrogen and oxygen atoms in total. The van der Waals surface area contributed by atoms with Gasteiger partial charge in [-0.05, 0) is 24.1 Å². The summed E-state index contributed by atoms with van der Waals surface area (Å²) in [6.07, 6.45) is 3.30. The van der Waals surface area contributed by atoms with Crippen LogP contribution < -0.4 is 0 Å². The summed E-state index contributed by atoms with van der Waals surface area (Å²) in [5.74, 6) is 0.238. The number of rotatable bonds is 6. The molecule has 5 rings (SSSR count). The van der Waals surface area contributed by atoms with Crippen molar-refractivity contribution < 1.29 is 4.79 Å². The molecule has 0 unspecified atom stereocenters. The minimum Gasteiger partial charge on any atom is -0.340 e. The molecule has 32 heavy (non-hydrogen) atoms. The molecule has 1 aliphatic heterocycles. The Kier molecular flexibility index (Phi) is 6.26. The molecule has 1 saturated heterocycles. The van der Waals surface area contributed by atoms with E-state index in [1.807, 2.05) is 35.2 Å². The van der Waals surface area contributed by atoms with Gasteiger partial charge in [0.1, 0.15) is 0 Å². The summed E-state index contributed by atoms with van der Waals surface area (Å²) in [5, 5.41) is 2.83. The molecule has 1 fully saturated rings. The number of aryl methyl sites for hydroxylation is 1. The van der Waals surface area contributed by atoms with Gasteiger partial charge in [0.2, 0.25) is 5.91 Å². The van der Waals surface area contributed by atoms with Crippen LogP contribution in [-0.4, -0.2) is 51.3 Å². The Morgan fingerprint density at radius 2 is 1.75 bits per heavy atom. The van der Waals surface area contributed by atoms with Gasteiger partial charge in [-0.3, -0.25) is 14.1 Å². The van der Waals surface area contributed by atoms with Gasteiger partial charge < -0.3 is 4.90 Å². The van der Waals surface area contributed by atoms with Crippen LogP contribution in [0.3, 0.4) is 0 Å². The Hall–Kier alpha value is -2.67. The second kappa shape index (κ2) is 9.45. The van der Waals surface area contributed by atoms with Crippen LogP contribution in [0, 0.1) is 0 Å². The highest BCUT2D eigenvalue weighted by Gasteiger charge is 2.21. The zero-order valence-corrected chi connectivity index (χ0v) is 19.4. The molecule has 0 N–H and O–H groups in total. The Morgan fingerprint density at radius 1 is 1.00 bits per heavy atom. The number of halogens is 1. The Balaban J connectivity index is 1.16. The van der Waals surface area contributed by atoms with Crippen molar-refractivity contribution in [2.24, 2.45) is 0 Å². The number of amides is 1. The van der Waals surface area contributed by atoms with Gasteiger partial charge in [-0.15, -0.1) is 11.3 Å². The van der Waals surface area contributed by atoms with Crippen molar-refractivity contribution in [3.8, 4) is 11.3 Å². The molecule has 1 amide bonds. The van der Waals surface area contributed by atoms with Gasteiger partial charge in [0, 0.05) is 67.0 Å². The van der Waals surface area contributed by atoms with Crippen LogP contribution in [-0.2, 0) is 17.8 Å². The predicted octanol–water partition coefficient (Wildman–Crippen LogP) is 4.99. The molecule has 0 saturated carbocycles. The van der Waals surface area contributed by atoms with Crippen LogP contribution in [0.15, 0.2) is 66.2 Å². The highest BCUT2D eigenvalue weighted by Crippen LogP contribution is 2.25. The van der Waals surface area contributed by atoms with E-state index in [0.717, 1.165) is 66.1 Å². The molecule has 4 aromatic rings. The van der Waals surface area contributed by atoms with Crippen LogP contribution >= 0.6 is 22.9 Å². The number of piperazine rings is 1. The van der Waals surface area contributed by atoms with Gasteiger partial charge in [0.25, 0.3) is 0 Å². The fourth-order valence-electron chi connectivity index (χ4n) is 4.16. The average molecular weight is 465 g/mol. The number of hydrogen-bond donors (Lipinski definition) is 0. The van der Waals surface area contributed by atoms with E-state index in [2.05, 4.69) is 45.1 Å². The smallest absolute Gasteiger partial charge is 0.223 e. The number of hydrogen-bond acceptors (Lipinski definition) is 4. The third kappa shape index (κ3) is 4.72. The molecule has 2 aromatic heterocycles. The molecule has 1 aliphatic rings. The molecule has 7 heteroatoms. The quantitative estimate of drug-likeness (QED) is 0.403. The van der Waals surface area contributed by atoms with Crippen molar-refractivity contribution in [1.82, 2.24) is 19.2 Å². The molecule has 0 bridgehead atoms. The summed E-state index contributed by atoms with van der Waals surface area (Å²) in [7, 11) is 0. The van der Waals surface area contributed by atoms with Gasteiger partial charge >= 0.3 is 0 Å². The van der Waals surface area contributed by atoms with E-state index in [1.165, 1.54) is 5.56 Å². The number of carbonyl (C=O) groups is 1. The monoisotopic (exact) mass is 464 g/mol. The van der Waals surface area contributed by atoms with Gasteiger partial charge in [0.05, 0.1) is 5.69 Å². The molecule has 164 valence electrons. The maximum atomic E-state index is 12.8. The lowest BCUT2D eigenvalue weighted by Crippen LogP contribution is -2.48. The lowest BCUT2D eigenvalue weighted by atomic mass is 10.1. The zero-order valence-electron chi connectivity index (χ0n) is 17.8. The molecular formula is C25H25ClN4OS. The van der Waals surface area contributed by atoms with E-state index in [4.69, 9.17) is 16.6 Å². The van der Waals surface area contributed by atoms with Crippen molar-refractivity contribution in [1.29, 1.82) is 0 Å². The van der Waals surface area contributed by atoms with Crippen molar-refractivity contribution in [3.63, 3.8) is 0 Å². The fourth-order valence-corrected chi connectivity index (χ4v) is 5.19. The molecule has 0 atom stereocenters. The van der Waals surface area contributed by atoms with E-state index in [0.29, 0.717) is 6.42 Å². The molecule has 2 aromatic carbocycles. The van der Waals surface area contributed by atoms with Crippen molar-refractivity contribution in [3.05, 3.63) is 82.5 Å². The van der Waals surface area contributed by atoms with Crippen LogP contribution in [0.2, 0.25) is 5.02 Å². The van der Waals surface area contributed by atoms with Crippen molar-refractivity contribution in [2.45, 2.75) is 19.4 Å². The van der Waals surface area contributed by atoms with Gasteiger partial charge in [0.15, 0.2) is 4.96 Å². The van der Waals surface area contributed by atoms with Crippen LogP contribution in [0.5, 0.6) is 0 Å². The third-order valence-corrected chi connectivity index (χ3v) is 7.13. The SMILES string of the molecule is O=C(CCc1csc2nc(-c3ccc(Cl)cc3)cn12)N1CCN(Cc2ccccc2)CC1. The van der Waals surface area contributed by atoms with E-state index in [1.54, 1.807) is 11.3 Å². The summed E-state index contributed by atoms with van der Waals surface area (Å²) in [6.45, 7) is 4.41. The zero-order chi connectivity index (χ0) is 21.9. The number of fused-ring (bicyclic) bond motifs is 1. The van der Waals surface area contributed by atoms with Crippen LogP contribution in [0.1, 0.15) is 17.7 Å². The summed E-state index contributed by atoms with van der Waals surface area (Å²) >= 11 is 7.61. The predicted molar refractivity (Wildman–Crippen MR) is 130 cm³/mol. The Labute approximate surface area is 196 Å². The van der Waals surface area contributed by atoms with Crippen LogP contribution in [0.4, 0.5) is 0 Å². The highest BCUT2D eigenvalue weighted by molar-refractivity contribution is 7.15. The molecule has 3 heterocycles. The van der Waals surface area contributed by atoms with Gasteiger partial charge in [-0.2, -0.15) is 0 Å². The van der Waals surface area contributed by atoms with E-state index in [9.17, 15) is 4.79 Å².